The van der Waals surface area contributed by atoms with Crippen molar-refractivity contribution in [3.63, 3.8) is 0 Å². The Balaban J connectivity index is 1.92. The molecule has 0 fully saturated rings. The van der Waals surface area contributed by atoms with Crippen LogP contribution in [0.2, 0.25) is 0 Å². The van der Waals surface area contributed by atoms with Crippen LogP contribution in [0.4, 0.5) is 0 Å². The number of hydrogen-bond acceptors (Lipinski definition) is 3. The third-order valence-corrected chi connectivity index (χ3v) is 5.92. The zero-order valence-electron chi connectivity index (χ0n) is 20.8. The topological polar surface area (TPSA) is 58.6 Å². The zero-order chi connectivity index (χ0) is 25.4. The quantitative estimate of drug-likeness (QED) is 0.382. The van der Waals surface area contributed by atoms with Crippen molar-refractivity contribution in [3.8, 4) is 5.75 Å². The maximum atomic E-state index is 13.6. The summed E-state index contributed by atoms with van der Waals surface area (Å²) in [7, 11) is 0. The van der Waals surface area contributed by atoms with Gasteiger partial charge in [0.15, 0.2) is 6.61 Å². The minimum absolute atomic E-state index is 0.159. The van der Waals surface area contributed by atoms with Crippen molar-refractivity contribution >= 4 is 27.7 Å². The lowest BCUT2D eigenvalue weighted by Crippen LogP contribution is -2.55. The van der Waals surface area contributed by atoms with Gasteiger partial charge in [0.25, 0.3) is 5.91 Å². The number of rotatable bonds is 9. The zero-order valence-corrected chi connectivity index (χ0v) is 22.3. The van der Waals surface area contributed by atoms with E-state index in [1.165, 1.54) is 0 Å². The average molecular weight is 537 g/mol. The molecule has 0 saturated heterocycles. The van der Waals surface area contributed by atoms with Gasteiger partial charge in [0.05, 0.1) is 0 Å². The molecule has 1 N–H and O–H groups in total. The molecule has 0 saturated carbocycles. The largest absolute Gasteiger partial charge is 0.484 e. The highest BCUT2D eigenvalue weighted by atomic mass is 79.9. The van der Waals surface area contributed by atoms with E-state index in [0.29, 0.717) is 18.7 Å². The van der Waals surface area contributed by atoms with Crippen molar-refractivity contribution in [2.75, 3.05) is 6.61 Å². The average Bonchev–Trinajstić information content (AvgIpc) is 2.80. The maximum absolute atomic E-state index is 13.6. The Morgan fingerprint density at radius 2 is 1.63 bits per heavy atom. The molecule has 3 aromatic carbocycles. The van der Waals surface area contributed by atoms with Gasteiger partial charge in [0, 0.05) is 23.0 Å². The van der Waals surface area contributed by atoms with Crippen LogP contribution in [0.1, 0.15) is 37.5 Å². The van der Waals surface area contributed by atoms with Gasteiger partial charge >= 0.3 is 0 Å². The highest BCUT2D eigenvalue weighted by Crippen LogP contribution is 2.19. The fourth-order valence-electron chi connectivity index (χ4n) is 3.73. The lowest BCUT2D eigenvalue weighted by molar-refractivity contribution is -0.143. The van der Waals surface area contributed by atoms with E-state index in [1.54, 1.807) is 4.90 Å². The highest BCUT2D eigenvalue weighted by Gasteiger charge is 2.32. The fraction of sp³-hybridized carbons (Fsp3) is 0.310. The minimum Gasteiger partial charge on any atom is -0.484 e. The predicted octanol–water partition coefficient (Wildman–Crippen LogP) is 5.69. The molecule has 3 rings (SSSR count). The van der Waals surface area contributed by atoms with Crippen molar-refractivity contribution in [2.24, 2.45) is 0 Å². The summed E-state index contributed by atoms with van der Waals surface area (Å²) in [4.78, 5) is 28.7. The smallest absolute Gasteiger partial charge is 0.261 e. The maximum Gasteiger partial charge on any atom is 0.261 e. The number of amides is 2. The predicted molar refractivity (Wildman–Crippen MR) is 143 cm³/mol. The molecule has 0 spiro atoms. The number of ether oxygens (including phenoxy) is 1. The van der Waals surface area contributed by atoms with Crippen LogP contribution in [0.3, 0.4) is 0 Å². The second-order valence-corrected chi connectivity index (χ2v) is 10.6. The summed E-state index contributed by atoms with van der Waals surface area (Å²) in [5.41, 5.74) is 2.53. The molecule has 0 bridgehead atoms. The molecular formula is C29H33BrN2O3. The molecule has 35 heavy (non-hydrogen) atoms. The number of aryl methyl sites for hydroxylation is 1. The van der Waals surface area contributed by atoms with E-state index in [9.17, 15) is 9.59 Å². The van der Waals surface area contributed by atoms with Crippen LogP contribution in [0.5, 0.6) is 5.75 Å². The van der Waals surface area contributed by atoms with Crippen molar-refractivity contribution in [1.82, 2.24) is 10.2 Å². The molecule has 0 aliphatic rings. The molecule has 0 aromatic heterocycles. The van der Waals surface area contributed by atoms with Crippen LogP contribution in [0, 0.1) is 6.92 Å². The normalized spacial score (nSPS) is 12.0. The highest BCUT2D eigenvalue weighted by molar-refractivity contribution is 9.10. The van der Waals surface area contributed by atoms with Gasteiger partial charge in [-0.3, -0.25) is 9.59 Å². The van der Waals surface area contributed by atoms with E-state index in [-0.39, 0.29) is 18.4 Å². The van der Waals surface area contributed by atoms with Crippen LogP contribution in [-0.4, -0.2) is 34.9 Å². The Morgan fingerprint density at radius 1 is 0.943 bits per heavy atom. The molecule has 2 amide bonds. The number of nitrogens with one attached hydrogen (secondary N) is 1. The molecule has 1 unspecified atom stereocenters. The molecular weight excluding hydrogens is 504 g/mol. The second-order valence-electron chi connectivity index (χ2n) is 9.70. The van der Waals surface area contributed by atoms with Gasteiger partial charge in [-0.1, -0.05) is 70.5 Å². The molecule has 3 aromatic rings. The number of nitrogens with zero attached hydrogens (tertiary/aromatic N) is 1. The molecule has 5 nitrogen and oxygen atoms in total. The van der Waals surface area contributed by atoms with Gasteiger partial charge in [-0.15, -0.1) is 0 Å². The first kappa shape index (κ1) is 26.5. The summed E-state index contributed by atoms with van der Waals surface area (Å²) in [6.07, 6.45) is 0.398. The van der Waals surface area contributed by atoms with E-state index in [2.05, 4.69) is 21.2 Å². The first-order chi connectivity index (χ1) is 16.6. The van der Waals surface area contributed by atoms with Gasteiger partial charge in [-0.2, -0.15) is 0 Å². The molecule has 0 aliphatic carbocycles. The van der Waals surface area contributed by atoms with Gasteiger partial charge in [0.2, 0.25) is 5.91 Å². The van der Waals surface area contributed by atoms with E-state index >= 15 is 0 Å². The van der Waals surface area contributed by atoms with E-state index in [0.717, 1.165) is 21.2 Å². The SMILES string of the molecule is Cc1cccc(OCC(=O)N(Cc2ccc(Br)cc2)C(Cc2ccccc2)C(=O)NC(C)(C)C)c1. The molecule has 6 heteroatoms. The van der Waals surface area contributed by atoms with E-state index < -0.39 is 11.6 Å². The van der Waals surface area contributed by atoms with Gasteiger partial charge in [-0.25, -0.2) is 0 Å². The van der Waals surface area contributed by atoms with Gasteiger partial charge < -0.3 is 15.0 Å². The monoisotopic (exact) mass is 536 g/mol. The minimum atomic E-state index is -0.700. The number of carbonyl (C=O) groups excluding carboxylic acids is 2. The summed E-state index contributed by atoms with van der Waals surface area (Å²) in [5.74, 6) is 0.183. The summed E-state index contributed by atoms with van der Waals surface area (Å²) in [5, 5.41) is 3.07. The van der Waals surface area contributed by atoms with Gasteiger partial charge in [-0.05, 0) is 68.7 Å². The number of hydrogen-bond donors (Lipinski definition) is 1. The number of carbonyl (C=O) groups is 2. The van der Waals surface area contributed by atoms with E-state index in [1.807, 2.05) is 107 Å². The lowest BCUT2D eigenvalue weighted by Gasteiger charge is -2.33. The molecule has 0 aliphatic heterocycles. The molecule has 1 atom stereocenters. The Labute approximate surface area is 216 Å². The Hall–Kier alpha value is -3.12. The van der Waals surface area contributed by atoms with Crippen LogP contribution in [0.15, 0.2) is 83.3 Å². The van der Waals surface area contributed by atoms with Gasteiger partial charge in [0.1, 0.15) is 11.8 Å². The summed E-state index contributed by atoms with van der Waals surface area (Å²) in [6, 6.07) is 24.4. The lowest BCUT2D eigenvalue weighted by atomic mass is 10.0. The Morgan fingerprint density at radius 3 is 2.26 bits per heavy atom. The van der Waals surface area contributed by atoms with Crippen molar-refractivity contribution in [3.05, 3.63) is 100 Å². The fourth-order valence-corrected chi connectivity index (χ4v) is 3.99. The third kappa shape index (κ3) is 8.55. The third-order valence-electron chi connectivity index (χ3n) is 5.39. The summed E-state index contributed by atoms with van der Waals surface area (Å²) >= 11 is 3.46. The van der Waals surface area contributed by atoms with Crippen LogP contribution < -0.4 is 10.1 Å². The molecule has 0 heterocycles. The first-order valence-corrected chi connectivity index (χ1v) is 12.5. The Bertz CT molecular complexity index is 1120. The first-order valence-electron chi connectivity index (χ1n) is 11.7. The van der Waals surface area contributed by atoms with E-state index in [4.69, 9.17) is 4.74 Å². The second kappa shape index (κ2) is 12.0. The number of benzene rings is 3. The summed E-state index contributed by atoms with van der Waals surface area (Å²) in [6.45, 7) is 7.91. The van der Waals surface area contributed by atoms with Crippen molar-refractivity contribution < 1.29 is 14.3 Å². The van der Waals surface area contributed by atoms with Crippen LogP contribution in [-0.2, 0) is 22.6 Å². The molecule has 0 radical (unpaired) electrons. The van der Waals surface area contributed by atoms with Crippen molar-refractivity contribution in [1.29, 1.82) is 0 Å². The Kier molecular flexibility index (Phi) is 9.10. The summed E-state index contributed by atoms with van der Waals surface area (Å²) < 4.78 is 6.79. The van der Waals surface area contributed by atoms with Crippen LogP contribution in [0.25, 0.3) is 0 Å². The standard InChI is InChI=1S/C29H33BrN2O3/c1-21-9-8-12-25(17-21)35-20-27(33)32(19-23-13-15-24(30)16-14-23)26(28(34)31-29(2,3)4)18-22-10-6-5-7-11-22/h5-17,26H,18-20H2,1-4H3,(H,31,34). The number of halogens is 1. The van der Waals surface area contributed by atoms with Crippen molar-refractivity contribution in [2.45, 2.75) is 52.2 Å². The molecule has 184 valence electrons. The van der Waals surface area contributed by atoms with Crippen LogP contribution >= 0.6 is 15.9 Å².